The standard InChI is InChI=1S/C26H25N3O/c27-18-21-8-4-10-23(16-21)24-17-26(29-19-25(24)22-11-13-28-14-12-22)30-15-5-9-20-6-2-1-3-7-20/h1-4,6-8,10-14,16-17,19H,5,9,15,18,27H2. The molecule has 0 atom stereocenters. The second-order valence-electron chi connectivity index (χ2n) is 7.15. The fourth-order valence-corrected chi connectivity index (χ4v) is 3.48. The van der Waals surface area contributed by atoms with Crippen molar-refractivity contribution in [2.24, 2.45) is 5.73 Å². The van der Waals surface area contributed by atoms with E-state index in [-0.39, 0.29) is 0 Å². The zero-order valence-corrected chi connectivity index (χ0v) is 16.9. The van der Waals surface area contributed by atoms with E-state index in [1.807, 2.05) is 42.6 Å². The van der Waals surface area contributed by atoms with Gasteiger partial charge in [0.05, 0.1) is 6.61 Å². The fourth-order valence-electron chi connectivity index (χ4n) is 3.48. The predicted molar refractivity (Wildman–Crippen MR) is 121 cm³/mol. The van der Waals surface area contributed by atoms with Gasteiger partial charge in [-0.3, -0.25) is 4.98 Å². The van der Waals surface area contributed by atoms with Crippen molar-refractivity contribution < 1.29 is 4.74 Å². The summed E-state index contributed by atoms with van der Waals surface area (Å²) >= 11 is 0. The number of pyridine rings is 2. The van der Waals surface area contributed by atoms with E-state index >= 15 is 0 Å². The van der Waals surface area contributed by atoms with E-state index in [2.05, 4.69) is 46.4 Å². The van der Waals surface area contributed by atoms with Crippen molar-refractivity contribution in [1.82, 2.24) is 9.97 Å². The Kier molecular flexibility index (Phi) is 6.47. The molecule has 0 radical (unpaired) electrons. The predicted octanol–water partition coefficient (Wildman–Crippen LogP) is 5.28. The van der Waals surface area contributed by atoms with E-state index in [0.717, 1.165) is 40.7 Å². The molecule has 2 heterocycles. The Hall–Kier alpha value is -3.50. The van der Waals surface area contributed by atoms with Crippen molar-refractivity contribution in [3.8, 4) is 28.1 Å². The lowest BCUT2D eigenvalue weighted by Crippen LogP contribution is -2.02. The summed E-state index contributed by atoms with van der Waals surface area (Å²) in [6, 6.07) is 24.8. The molecule has 0 spiro atoms. The summed E-state index contributed by atoms with van der Waals surface area (Å²) in [6.45, 7) is 1.13. The van der Waals surface area contributed by atoms with E-state index in [1.165, 1.54) is 5.56 Å². The molecule has 0 saturated carbocycles. The largest absolute Gasteiger partial charge is 0.478 e. The molecule has 0 aliphatic carbocycles. The monoisotopic (exact) mass is 395 g/mol. The molecular formula is C26H25N3O. The molecule has 0 bridgehead atoms. The topological polar surface area (TPSA) is 61.0 Å². The first-order valence-corrected chi connectivity index (χ1v) is 10.2. The fraction of sp³-hybridized carbons (Fsp3) is 0.154. The first-order valence-electron chi connectivity index (χ1n) is 10.2. The number of aryl methyl sites for hydroxylation is 1. The average Bonchev–Trinajstić information content (AvgIpc) is 2.83. The highest BCUT2D eigenvalue weighted by atomic mass is 16.5. The quantitative estimate of drug-likeness (QED) is 0.412. The minimum Gasteiger partial charge on any atom is -0.478 e. The summed E-state index contributed by atoms with van der Waals surface area (Å²) in [7, 11) is 0. The molecule has 0 amide bonds. The molecule has 2 aromatic carbocycles. The smallest absolute Gasteiger partial charge is 0.213 e. The summed E-state index contributed by atoms with van der Waals surface area (Å²) < 4.78 is 5.99. The first-order chi connectivity index (χ1) is 14.8. The normalized spacial score (nSPS) is 10.7. The van der Waals surface area contributed by atoms with Crippen LogP contribution in [0.15, 0.2) is 91.4 Å². The number of hydrogen-bond acceptors (Lipinski definition) is 4. The lowest BCUT2D eigenvalue weighted by Gasteiger charge is -2.13. The molecule has 2 N–H and O–H groups in total. The summed E-state index contributed by atoms with van der Waals surface area (Å²) in [5.41, 5.74) is 12.6. The molecule has 30 heavy (non-hydrogen) atoms. The van der Waals surface area contributed by atoms with E-state index in [9.17, 15) is 0 Å². The Balaban J connectivity index is 1.57. The minimum atomic E-state index is 0.506. The molecule has 0 unspecified atom stereocenters. The SMILES string of the molecule is NCc1cccc(-c2cc(OCCCc3ccccc3)ncc2-c2ccncc2)c1. The Morgan fingerprint density at radius 2 is 1.57 bits per heavy atom. The number of rotatable bonds is 8. The lowest BCUT2D eigenvalue weighted by molar-refractivity contribution is 0.299. The Bertz CT molecular complexity index is 1080. The van der Waals surface area contributed by atoms with Crippen LogP contribution in [0.4, 0.5) is 0 Å². The van der Waals surface area contributed by atoms with Crippen LogP contribution in [0.3, 0.4) is 0 Å². The number of benzene rings is 2. The maximum absolute atomic E-state index is 5.99. The van der Waals surface area contributed by atoms with Crippen LogP contribution in [0, 0.1) is 0 Å². The summed E-state index contributed by atoms with van der Waals surface area (Å²) in [6.07, 6.45) is 7.40. The minimum absolute atomic E-state index is 0.506. The number of ether oxygens (including phenoxy) is 1. The summed E-state index contributed by atoms with van der Waals surface area (Å²) in [5, 5.41) is 0. The van der Waals surface area contributed by atoms with Crippen LogP contribution in [-0.2, 0) is 13.0 Å². The van der Waals surface area contributed by atoms with Crippen LogP contribution < -0.4 is 10.5 Å². The van der Waals surface area contributed by atoms with Gasteiger partial charge in [-0.25, -0.2) is 4.98 Å². The van der Waals surface area contributed by atoms with E-state index < -0.39 is 0 Å². The van der Waals surface area contributed by atoms with Crippen molar-refractivity contribution in [2.75, 3.05) is 6.61 Å². The highest BCUT2D eigenvalue weighted by molar-refractivity contribution is 5.83. The van der Waals surface area contributed by atoms with E-state index in [1.54, 1.807) is 12.4 Å². The second kappa shape index (κ2) is 9.81. The van der Waals surface area contributed by atoms with Crippen molar-refractivity contribution in [3.63, 3.8) is 0 Å². The molecule has 4 rings (SSSR count). The Labute approximate surface area is 177 Å². The van der Waals surface area contributed by atoms with Crippen LogP contribution in [0.25, 0.3) is 22.3 Å². The lowest BCUT2D eigenvalue weighted by atomic mass is 9.96. The molecular weight excluding hydrogens is 370 g/mol. The van der Waals surface area contributed by atoms with Gasteiger partial charge in [0.1, 0.15) is 0 Å². The average molecular weight is 396 g/mol. The molecule has 150 valence electrons. The van der Waals surface area contributed by atoms with Gasteiger partial charge in [-0.1, -0.05) is 48.5 Å². The van der Waals surface area contributed by atoms with Gasteiger partial charge in [-0.15, -0.1) is 0 Å². The molecule has 0 aliphatic heterocycles. The van der Waals surface area contributed by atoms with Gasteiger partial charge in [-0.05, 0) is 58.9 Å². The summed E-state index contributed by atoms with van der Waals surface area (Å²) in [5.74, 6) is 0.633. The molecule has 0 fully saturated rings. The van der Waals surface area contributed by atoms with Crippen LogP contribution >= 0.6 is 0 Å². The van der Waals surface area contributed by atoms with Gasteiger partial charge in [0, 0.05) is 36.8 Å². The Morgan fingerprint density at radius 1 is 0.767 bits per heavy atom. The number of aromatic nitrogens is 2. The van der Waals surface area contributed by atoms with E-state index in [4.69, 9.17) is 10.5 Å². The molecule has 2 aromatic heterocycles. The summed E-state index contributed by atoms with van der Waals surface area (Å²) in [4.78, 5) is 8.69. The molecule has 4 heteroatoms. The highest BCUT2D eigenvalue weighted by Gasteiger charge is 2.11. The molecule has 4 nitrogen and oxygen atoms in total. The van der Waals surface area contributed by atoms with Crippen molar-refractivity contribution >= 4 is 0 Å². The second-order valence-corrected chi connectivity index (χ2v) is 7.15. The van der Waals surface area contributed by atoms with Gasteiger partial charge in [0.25, 0.3) is 0 Å². The number of hydrogen-bond donors (Lipinski definition) is 1. The third-order valence-electron chi connectivity index (χ3n) is 5.05. The van der Waals surface area contributed by atoms with Gasteiger partial charge in [0.15, 0.2) is 0 Å². The maximum atomic E-state index is 5.99. The van der Waals surface area contributed by atoms with Crippen molar-refractivity contribution in [1.29, 1.82) is 0 Å². The number of nitrogens with zero attached hydrogens (tertiary/aromatic N) is 2. The van der Waals surface area contributed by atoms with Crippen molar-refractivity contribution in [3.05, 3.63) is 103 Å². The third-order valence-corrected chi connectivity index (χ3v) is 5.05. The first kappa shape index (κ1) is 19.8. The van der Waals surface area contributed by atoms with Crippen molar-refractivity contribution in [2.45, 2.75) is 19.4 Å². The highest BCUT2D eigenvalue weighted by Crippen LogP contribution is 2.34. The number of nitrogens with two attached hydrogens (primary N) is 1. The van der Waals surface area contributed by atoms with Gasteiger partial charge < -0.3 is 10.5 Å². The molecule has 0 saturated heterocycles. The van der Waals surface area contributed by atoms with Crippen LogP contribution in [0.2, 0.25) is 0 Å². The third kappa shape index (κ3) is 4.91. The van der Waals surface area contributed by atoms with Gasteiger partial charge in [0.2, 0.25) is 5.88 Å². The zero-order chi connectivity index (χ0) is 20.6. The van der Waals surface area contributed by atoms with Crippen LogP contribution in [-0.4, -0.2) is 16.6 Å². The molecule has 4 aromatic rings. The van der Waals surface area contributed by atoms with Gasteiger partial charge in [-0.2, -0.15) is 0 Å². The van der Waals surface area contributed by atoms with E-state index in [0.29, 0.717) is 19.0 Å². The van der Waals surface area contributed by atoms with Gasteiger partial charge >= 0.3 is 0 Å². The van der Waals surface area contributed by atoms with Crippen LogP contribution in [0.5, 0.6) is 5.88 Å². The Morgan fingerprint density at radius 3 is 2.37 bits per heavy atom. The van der Waals surface area contributed by atoms with Crippen LogP contribution in [0.1, 0.15) is 17.5 Å². The molecule has 0 aliphatic rings. The maximum Gasteiger partial charge on any atom is 0.213 e. The zero-order valence-electron chi connectivity index (χ0n) is 16.9.